The van der Waals surface area contributed by atoms with Gasteiger partial charge < -0.3 is 9.47 Å². The van der Waals surface area contributed by atoms with E-state index in [1.165, 1.54) is 0 Å². The largest absolute Gasteiger partial charge is 0.491 e. The predicted molar refractivity (Wildman–Crippen MR) is 108 cm³/mol. The second kappa shape index (κ2) is 7.54. The number of nitrogens with zero attached hydrogens (tertiary/aromatic N) is 5. The van der Waals surface area contributed by atoms with Crippen molar-refractivity contribution < 1.29 is 14.3 Å². The molecule has 3 aromatic rings. The molecule has 8 nitrogen and oxygen atoms in total. The molecule has 0 radical (unpaired) electrons. The Labute approximate surface area is 169 Å². The molecule has 0 bridgehead atoms. The van der Waals surface area contributed by atoms with Crippen molar-refractivity contribution in [3.63, 3.8) is 0 Å². The number of anilines is 1. The third-order valence-electron chi connectivity index (χ3n) is 4.61. The van der Waals surface area contributed by atoms with Gasteiger partial charge in [-0.05, 0) is 63.6 Å². The third kappa shape index (κ3) is 3.65. The number of ether oxygens (including phenoxy) is 2. The van der Waals surface area contributed by atoms with Crippen LogP contribution in [0, 0.1) is 13.8 Å². The van der Waals surface area contributed by atoms with Crippen molar-refractivity contribution in [2.24, 2.45) is 0 Å². The molecule has 0 spiro atoms. The van der Waals surface area contributed by atoms with Crippen LogP contribution in [0.5, 0.6) is 11.6 Å². The molecule has 29 heavy (non-hydrogen) atoms. The standard InChI is InChI=1S/C21H23N5O3/c1-13(2)29-17-7-5-16(6-8-17)26-15(4)19(23-24-26)21(27)25-9-10-28-20-18(25)11-14(3)12-22-20/h5-8,11-13H,9-10H2,1-4H3. The van der Waals surface area contributed by atoms with Crippen molar-refractivity contribution in [1.82, 2.24) is 20.0 Å². The van der Waals surface area contributed by atoms with Gasteiger partial charge in [0.25, 0.3) is 5.91 Å². The highest BCUT2D eigenvalue weighted by molar-refractivity contribution is 6.06. The first kappa shape index (κ1) is 18.9. The molecule has 0 atom stereocenters. The summed E-state index contributed by atoms with van der Waals surface area (Å²) in [4.78, 5) is 19.2. The number of hydrogen-bond donors (Lipinski definition) is 0. The van der Waals surface area contributed by atoms with Gasteiger partial charge in [0.05, 0.1) is 24.0 Å². The van der Waals surface area contributed by atoms with Crippen LogP contribution in [0.4, 0.5) is 5.69 Å². The molecule has 0 unspecified atom stereocenters. The van der Waals surface area contributed by atoms with Gasteiger partial charge in [0.15, 0.2) is 5.69 Å². The highest BCUT2D eigenvalue weighted by atomic mass is 16.5. The Morgan fingerprint density at radius 1 is 1.21 bits per heavy atom. The number of carbonyl (C=O) groups is 1. The van der Waals surface area contributed by atoms with Crippen LogP contribution in [0.2, 0.25) is 0 Å². The van der Waals surface area contributed by atoms with Crippen molar-refractivity contribution in [3.05, 3.63) is 53.5 Å². The molecule has 1 aromatic carbocycles. The van der Waals surface area contributed by atoms with Crippen molar-refractivity contribution in [2.75, 3.05) is 18.1 Å². The van der Waals surface area contributed by atoms with Crippen molar-refractivity contribution in [3.8, 4) is 17.3 Å². The summed E-state index contributed by atoms with van der Waals surface area (Å²) in [5.41, 5.74) is 3.40. The van der Waals surface area contributed by atoms with Gasteiger partial charge in [-0.15, -0.1) is 5.10 Å². The predicted octanol–water partition coefficient (Wildman–Crippen LogP) is 3.11. The maximum Gasteiger partial charge on any atom is 0.281 e. The van der Waals surface area contributed by atoms with E-state index < -0.39 is 0 Å². The van der Waals surface area contributed by atoms with Crippen LogP contribution >= 0.6 is 0 Å². The number of aromatic nitrogens is 4. The molecule has 8 heteroatoms. The Bertz CT molecular complexity index is 1040. The van der Waals surface area contributed by atoms with E-state index in [-0.39, 0.29) is 12.0 Å². The highest BCUT2D eigenvalue weighted by Crippen LogP contribution is 2.31. The van der Waals surface area contributed by atoms with E-state index in [2.05, 4.69) is 15.3 Å². The van der Waals surface area contributed by atoms with Crippen LogP contribution in [0.15, 0.2) is 36.5 Å². The topological polar surface area (TPSA) is 82.4 Å². The van der Waals surface area contributed by atoms with Gasteiger partial charge in [-0.3, -0.25) is 9.69 Å². The number of carbonyl (C=O) groups excluding carboxylic acids is 1. The van der Waals surface area contributed by atoms with E-state index >= 15 is 0 Å². The SMILES string of the molecule is Cc1cnc2c(c1)N(C(=O)c1nnn(-c3ccc(OC(C)C)cc3)c1C)CCO2. The van der Waals surface area contributed by atoms with Crippen molar-refractivity contribution >= 4 is 11.6 Å². The van der Waals surface area contributed by atoms with E-state index in [0.29, 0.717) is 36.1 Å². The summed E-state index contributed by atoms with van der Waals surface area (Å²) in [7, 11) is 0. The maximum absolute atomic E-state index is 13.2. The smallest absolute Gasteiger partial charge is 0.281 e. The van der Waals surface area contributed by atoms with Gasteiger partial charge >= 0.3 is 0 Å². The fraction of sp³-hybridized carbons (Fsp3) is 0.333. The molecule has 0 saturated carbocycles. The van der Waals surface area contributed by atoms with Gasteiger partial charge in [0, 0.05) is 6.20 Å². The summed E-state index contributed by atoms with van der Waals surface area (Å²) >= 11 is 0. The lowest BCUT2D eigenvalue weighted by Crippen LogP contribution is -2.38. The van der Waals surface area contributed by atoms with Gasteiger partial charge in [0.2, 0.25) is 5.88 Å². The lowest BCUT2D eigenvalue weighted by atomic mass is 10.2. The quantitative estimate of drug-likeness (QED) is 0.677. The monoisotopic (exact) mass is 393 g/mol. The molecule has 2 aromatic heterocycles. The fourth-order valence-electron chi connectivity index (χ4n) is 3.25. The second-order valence-electron chi connectivity index (χ2n) is 7.24. The Morgan fingerprint density at radius 3 is 2.69 bits per heavy atom. The number of rotatable bonds is 4. The normalized spacial score (nSPS) is 13.2. The van der Waals surface area contributed by atoms with E-state index in [4.69, 9.17) is 9.47 Å². The summed E-state index contributed by atoms with van der Waals surface area (Å²) < 4.78 is 12.9. The number of aryl methyl sites for hydroxylation is 1. The summed E-state index contributed by atoms with van der Waals surface area (Å²) in [6.07, 6.45) is 1.83. The van der Waals surface area contributed by atoms with Crippen molar-refractivity contribution in [1.29, 1.82) is 0 Å². The molecule has 150 valence electrons. The zero-order chi connectivity index (χ0) is 20.5. The first-order chi connectivity index (χ1) is 13.9. The van der Waals surface area contributed by atoms with Crippen LogP contribution in [0.1, 0.15) is 35.6 Å². The van der Waals surface area contributed by atoms with Gasteiger partial charge in [0.1, 0.15) is 18.0 Å². The lowest BCUT2D eigenvalue weighted by molar-refractivity contribution is 0.0970. The maximum atomic E-state index is 13.2. The second-order valence-corrected chi connectivity index (χ2v) is 7.24. The molecule has 4 rings (SSSR count). The first-order valence-corrected chi connectivity index (χ1v) is 9.54. The van der Waals surface area contributed by atoms with E-state index in [1.807, 2.05) is 58.0 Å². The zero-order valence-corrected chi connectivity index (χ0v) is 16.9. The number of amides is 1. The van der Waals surface area contributed by atoms with E-state index in [9.17, 15) is 4.79 Å². The summed E-state index contributed by atoms with van der Waals surface area (Å²) in [6.45, 7) is 8.55. The van der Waals surface area contributed by atoms with Gasteiger partial charge in [-0.1, -0.05) is 5.21 Å². The summed E-state index contributed by atoms with van der Waals surface area (Å²) in [5, 5.41) is 8.36. The summed E-state index contributed by atoms with van der Waals surface area (Å²) in [5.74, 6) is 1.03. The highest BCUT2D eigenvalue weighted by Gasteiger charge is 2.29. The zero-order valence-electron chi connectivity index (χ0n) is 16.9. The molecule has 0 fully saturated rings. The molecule has 3 heterocycles. The van der Waals surface area contributed by atoms with Crippen LogP contribution in [-0.4, -0.2) is 45.1 Å². The Kier molecular flexibility index (Phi) is 4.92. The van der Waals surface area contributed by atoms with Crippen LogP contribution in [0.3, 0.4) is 0 Å². The number of benzene rings is 1. The van der Waals surface area contributed by atoms with Crippen LogP contribution in [0.25, 0.3) is 5.69 Å². The fourth-order valence-corrected chi connectivity index (χ4v) is 3.25. The molecule has 0 aliphatic carbocycles. The van der Waals surface area contributed by atoms with E-state index in [0.717, 1.165) is 17.0 Å². The molecule has 0 N–H and O–H groups in total. The number of hydrogen-bond acceptors (Lipinski definition) is 6. The minimum absolute atomic E-state index is 0.104. The molecule has 0 saturated heterocycles. The third-order valence-corrected chi connectivity index (χ3v) is 4.61. The number of fused-ring (bicyclic) bond motifs is 1. The van der Waals surface area contributed by atoms with Gasteiger partial charge in [-0.25, -0.2) is 9.67 Å². The Balaban J connectivity index is 1.63. The van der Waals surface area contributed by atoms with Gasteiger partial charge in [-0.2, -0.15) is 0 Å². The molecular weight excluding hydrogens is 370 g/mol. The summed E-state index contributed by atoms with van der Waals surface area (Å²) in [6, 6.07) is 9.44. The Hall–Kier alpha value is -3.42. The minimum atomic E-state index is -0.217. The Morgan fingerprint density at radius 2 is 1.97 bits per heavy atom. The minimum Gasteiger partial charge on any atom is -0.491 e. The van der Waals surface area contributed by atoms with E-state index in [1.54, 1.807) is 15.8 Å². The van der Waals surface area contributed by atoms with Crippen molar-refractivity contribution in [2.45, 2.75) is 33.8 Å². The molecule has 1 amide bonds. The molecular formula is C21H23N5O3. The van der Waals surface area contributed by atoms with Crippen LogP contribution in [-0.2, 0) is 0 Å². The lowest BCUT2D eigenvalue weighted by Gasteiger charge is -2.28. The molecule has 1 aliphatic rings. The van der Waals surface area contributed by atoms with Crippen LogP contribution < -0.4 is 14.4 Å². The molecule has 1 aliphatic heterocycles. The average molecular weight is 393 g/mol. The first-order valence-electron chi connectivity index (χ1n) is 9.54. The number of pyridine rings is 1. The average Bonchev–Trinajstić information content (AvgIpc) is 3.08.